The molecule has 0 aliphatic heterocycles. The van der Waals surface area contributed by atoms with Crippen LogP contribution < -0.4 is 0 Å². The number of ether oxygens (including phenoxy) is 1. The average Bonchev–Trinajstić information content (AvgIpc) is 2.30. The molecule has 0 radical (unpaired) electrons. The van der Waals surface area contributed by atoms with Crippen LogP contribution in [-0.2, 0) is 11.3 Å². The fraction of sp³-hybridized carbons (Fsp3) is 0.467. The Morgan fingerprint density at radius 1 is 1.39 bits per heavy atom. The van der Waals surface area contributed by atoms with E-state index in [1.165, 1.54) is 12.5 Å². The largest absolute Gasteiger partial charge is 0.395 e. The van der Waals surface area contributed by atoms with Crippen LogP contribution in [0.3, 0.4) is 0 Å². The maximum Gasteiger partial charge on any atom is 0.129 e. The normalized spacial score (nSPS) is 14.8. The minimum atomic E-state index is -0.273. The van der Waals surface area contributed by atoms with E-state index in [4.69, 9.17) is 9.84 Å². The second-order valence-corrected chi connectivity index (χ2v) is 4.45. The third-order valence-corrected chi connectivity index (χ3v) is 3.05. The standard InChI is InChI=1S/C15H17FO2/c16-15-10-12(4-1-2-9-17)7-8-13(15)11-18-14-5-3-6-14/h7-8,10,14,17H,2-3,5-6,9,11H2. The lowest BCUT2D eigenvalue weighted by molar-refractivity contribution is -0.00975. The molecule has 0 amide bonds. The lowest BCUT2D eigenvalue weighted by Gasteiger charge is -2.25. The van der Waals surface area contributed by atoms with Crippen molar-refractivity contribution in [2.24, 2.45) is 0 Å². The summed E-state index contributed by atoms with van der Waals surface area (Å²) in [6, 6.07) is 4.92. The van der Waals surface area contributed by atoms with Crippen LogP contribution in [0.2, 0.25) is 0 Å². The Hall–Kier alpha value is -1.37. The van der Waals surface area contributed by atoms with Gasteiger partial charge in [-0.15, -0.1) is 0 Å². The zero-order chi connectivity index (χ0) is 12.8. The summed E-state index contributed by atoms with van der Waals surface area (Å²) < 4.78 is 19.3. The molecule has 1 saturated carbocycles. The number of hydrogen-bond acceptors (Lipinski definition) is 2. The molecule has 1 N–H and O–H groups in total. The third kappa shape index (κ3) is 3.56. The molecular weight excluding hydrogens is 231 g/mol. The molecule has 0 heterocycles. The van der Waals surface area contributed by atoms with Crippen LogP contribution in [0, 0.1) is 17.7 Å². The monoisotopic (exact) mass is 248 g/mol. The molecule has 1 fully saturated rings. The van der Waals surface area contributed by atoms with Crippen molar-refractivity contribution in [2.75, 3.05) is 6.61 Å². The van der Waals surface area contributed by atoms with Gasteiger partial charge in [-0.1, -0.05) is 17.9 Å². The first kappa shape index (κ1) is 13.1. The van der Waals surface area contributed by atoms with E-state index in [2.05, 4.69) is 11.8 Å². The van der Waals surface area contributed by atoms with Crippen LogP contribution in [0.1, 0.15) is 36.8 Å². The fourth-order valence-electron chi connectivity index (χ4n) is 1.71. The third-order valence-electron chi connectivity index (χ3n) is 3.05. The Labute approximate surface area is 107 Å². The maximum atomic E-state index is 13.7. The predicted molar refractivity (Wildman–Crippen MR) is 67.4 cm³/mol. The first-order valence-corrected chi connectivity index (χ1v) is 6.29. The van der Waals surface area contributed by atoms with Crippen molar-refractivity contribution >= 4 is 0 Å². The number of benzene rings is 1. The van der Waals surface area contributed by atoms with Crippen LogP contribution >= 0.6 is 0 Å². The molecule has 0 bridgehead atoms. The molecule has 1 aromatic carbocycles. The summed E-state index contributed by atoms with van der Waals surface area (Å²) in [4.78, 5) is 0. The Balaban J connectivity index is 1.94. The van der Waals surface area contributed by atoms with Gasteiger partial charge in [0.2, 0.25) is 0 Å². The highest BCUT2D eigenvalue weighted by Gasteiger charge is 2.18. The van der Waals surface area contributed by atoms with E-state index >= 15 is 0 Å². The zero-order valence-electron chi connectivity index (χ0n) is 10.3. The lowest BCUT2D eigenvalue weighted by Crippen LogP contribution is -2.21. The molecule has 2 nitrogen and oxygen atoms in total. The summed E-state index contributed by atoms with van der Waals surface area (Å²) in [5.74, 6) is 5.31. The molecule has 0 spiro atoms. The van der Waals surface area contributed by atoms with Gasteiger partial charge in [0.25, 0.3) is 0 Å². The van der Waals surface area contributed by atoms with Crippen molar-refractivity contribution in [3.8, 4) is 11.8 Å². The van der Waals surface area contributed by atoms with Crippen molar-refractivity contribution in [1.82, 2.24) is 0 Å². The molecule has 1 aromatic rings. The molecule has 0 atom stereocenters. The summed E-state index contributed by atoms with van der Waals surface area (Å²) in [6.45, 7) is 0.365. The van der Waals surface area contributed by atoms with E-state index in [1.54, 1.807) is 12.1 Å². The second kappa shape index (κ2) is 6.53. The molecule has 0 saturated heterocycles. The van der Waals surface area contributed by atoms with Gasteiger partial charge >= 0.3 is 0 Å². The van der Waals surface area contributed by atoms with Crippen LogP contribution in [0.25, 0.3) is 0 Å². The second-order valence-electron chi connectivity index (χ2n) is 4.45. The highest BCUT2D eigenvalue weighted by molar-refractivity contribution is 5.36. The lowest BCUT2D eigenvalue weighted by atomic mass is 9.96. The zero-order valence-corrected chi connectivity index (χ0v) is 10.3. The fourth-order valence-corrected chi connectivity index (χ4v) is 1.71. The molecule has 1 aliphatic carbocycles. The van der Waals surface area contributed by atoms with Gasteiger partial charge in [-0.05, 0) is 31.4 Å². The highest BCUT2D eigenvalue weighted by atomic mass is 19.1. The Kier molecular flexibility index (Phi) is 4.74. The van der Waals surface area contributed by atoms with Crippen molar-refractivity contribution in [3.05, 3.63) is 35.1 Å². The first-order chi connectivity index (χ1) is 8.79. The van der Waals surface area contributed by atoms with E-state index in [0.717, 1.165) is 12.8 Å². The van der Waals surface area contributed by atoms with Crippen LogP contribution in [0.5, 0.6) is 0 Å². The van der Waals surface area contributed by atoms with Gasteiger partial charge in [0.05, 0.1) is 19.3 Å². The SMILES string of the molecule is OCCC#Cc1ccc(COC2CCC2)c(F)c1. The molecule has 2 rings (SSSR count). The van der Waals surface area contributed by atoms with Crippen molar-refractivity contribution in [2.45, 2.75) is 38.4 Å². The van der Waals surface area contributed by atoms with Crippen LogP contribution in [0.15, 0.2) is 18.2 Å². The van der Waals surface area contributed by atoms with Gasteiger partial charge in [0, 0.05) is 17.5 Å². The highest BCUT2D eigenvalue weighted by Crippen LogP contribution is 2.23. The van der Waals surface area contributed by atoms with Crippen molar-refractivity contribution in [1.29, 1.82) is 0 Å². The van der Waals surface area contributed by atoms with E-state index in [1.807, 2.05) is 0 Å². The Morgan fingerprint density at radius 3 is 2.83 bits per heavy atom. The molecule has 18 heavy (non-hydrogen) atoms. The summed E-state index contributed by atoms with van der Waals surface area (Å²) in [6.07, 6.45) is 4.12. The van der Waals surface area contributed by atoms with Gasteiger partial charge in [0.1, 0.15) is 5.82 Å². The summed E-state index contributed by atoms with van der Waals surface area (Å²) in [5.41, 5.74) is 1.21. The van der Waals surface area contributed by atoms with Gasteiger partial charge in [-0.2, -0.15) is 0 Å². The maximum absolute atomic E-state index is 13.7. The van der Waals surface area contributed by atoms with Gasteiger partial charge < -0.3 is 9.84 Å². The first-order valence-electron chi connectivity index (χ1n) is 6.29. The van der Waals surface area contributed by atoms with E-state index in [-0.39, 0.29) is 12.4 Å². The van der Waals surface area contributed by atoms with Crippen molar-refractivity contribution in [3.63, 3.8) is 0 Å². The summed E-state index contributed by atoms with van der Waals surface area (Å²) >= 11 is 0. The smallest absolute Gasteiger partial charge is 0.129 e. The number of halogens is 1. The Morgan fingerprint density at radius 2 is 2.22 bits per heavy atom. The average molecular weight is 248 g/mol. The molecule has 0 aromatic heterocycles. The van der Waals surface area contributed by atoms with Gasteiger partial charge in [-0.25, -0.2) is 4.39 Å². The Bertz CT molecular complexity index is 455. The molecular formula is C15H17FO2. The summed E-state index contributed by atoms with van der Waals surface area (Å²) in [7, 11) is 0. The minimum absolute atomic E-state index is 0.0305. The molecule has 96 valence electrons. The summed E-state index contributed by atoms with van der Waals surface area (Å²) in [5, 5.41) is 8.60. The van der Waals surface area contributed by atoms with Crippen molar-refractivity contribution < 1.29 is 14.2 Å². The van der Waals surface area contributed by atoms with Gasteiger partial charge in [0.15, 0.2) is 0 Å². The molecule has 1 aliphatic rings. The van der Waals surface area contributed by atoms with Crippen LogP contribution in [-0.4, -0.2) is 17.8 Å². The number of hydrogen-bond donors (Lipinski definition) is 1. The van der Waals surface area contributed by atoms with E-state index < -0.39 is 0 Å². The molecule has 3 heteroatoms. The minimum Gasteiger partial charge on any atom is -0.395 e. The van der Waals surface area contributed by atoms with Crippen LogP contribution in [0.4, 0.5) is 4.39 Å². The quantitative estimate of drug-likeness (QED) is 0.830. The van der Waals surface area contributed by atoms with E-state index in [0.29, 0.717) is 30.3 Å². The van der Waals surface area contributed by atoms with E-state index in [9.17, 15) is 4.39 Å². The number of aliphatic hydroxyl groups is 1. The van der Waals surface area contributed by atoms with Gasteiger partial charge in [-0.3, -0.25) is 0 Å². The molecule has 0 unspecified atom stereocenters. The predicted octanol–water partition coefficient (Wildman–Crippen LogP) is 2.63. The number of aliphatic hydroxyl groups excluding tert-OH is 1. The number of rotatable bonds is 4. The topological polar surface area (TPSA) is 29.5 Å².